The molecule has 2 rings (SSSR count). The van der Waals surface area contributed by atoms with Crippen LogP contribution in [0.2, 0.25) is 10.0 Å². The molecule has 0 heterocycles. The van der Waals surface area contributed by atoms with Crippen molar-refractivity contribution in [2.75, 3.05) is 0 Å². The molecule has 0 aromatic heterocycles. The van der Waals surface area contributed by atoms with E-state index in [0.29, 0.717) is 16.1 Å². The first-order valence-corrected chi connectivity index (χ1v) is 7.10. The van der Waals surface area contributed by atoms with E-state index >= 15 is 0 Å². The highest BCUT2D eigenvalue weighted by Gasteiger charge is 2.06. The molecule has 0 aliphatic carbocycles. The maximum atomic E-state index is 6.23. The van der Waals surface area contributed by atoms with Gasteiger partial charge in [0, 0.05) is 18.2 Å². The monoisotopic (exact) mass is 293 g/mol. The topological polar surface area (TPSA) is 12.0 Å². The lowest BCUT2D eigenvalue weighted by atomic mass is 10.0. The Balaban J connectivity index is 2.20. The fourth-order valence-electron chi connectivity index (χ4n) is 1.85. The van der Waals surface area contributed by atoms with Crippen LogP contribution in [-0.2, 0) is 6.54 Å². The van der Waals surface area contributed by atoms with Crippen LogP contribution in [0, 0.1) is 0 Å². The quantitative estimate of drug-likeness (QED) is 0.821. The molecule has 0 radical (unpaired) electrons. The highest BCUT2D eigenvalue weighted by Crippen LogP contribution is 2.33. The fourth-order valence-corrected chi connectivity index (χ4v) is 2.26. The number of benzene rings is 2. The molecule has 0 spiro atoms. The van der Waals surface area contributed by atoms with Crippen LogP contribution >= 0.6 is 23.2 Å². The molecule has 0 unspecified atom stereocenters. The Morgan fingerprint density at radius 2 is 1.68 bits per heavy atom. The predicted octanol–water partition coefficient (Wildman–Crippen LogP) is 5.16. The maximum absolute atomic E-state index is 6.23. The molecule has 1 N–H and O–H groups in total. The van der Waals surface area contributed by atoms with Gasteiger partial charge in [-0.1, -0.05) is 73.4 Å². The second-order valence-corrected chi connectivity index (χ2v) is 5.62. The van der Waals surface area contributed by atoms with Gasteiger partial charge in [0.25, 0.3) is 0 Å². The van der Waals surface area contributed by atoms with E-state index in [2.05, 4.69) is 43.4 Å². The first-order valence-electron chi connectivity index (χ1n) is 6.34. The van der Waals surface area contributed by atoms with Crippen molar-refractivity contribution in [1.82, 2.24) is 5.32 Å². The average molecular weight is 294 g/mol. The van der Waals surface area contributed by atoms with Crippen molar-refractivity contribution >= 4 is 23.2 Å². The first kappa shape index (κ1) is 14.4. The van der Waals surface area contributed by atoms with Crippen LogP contribution in [0.15, 0.2) is 42.5 Å². The molecule has 0 amide bonds. The SMILES string of the molecule is CC(C)NCc1ccc(-c2cccc(Cl)c2Cl)cc1. The Morgan fingerprint density at radius 3 is 2.32 bits per heavy atom. The van der Waals surface area contributed by atoms with E-state index in [4.69, 9.17) is 23.2 Å². The van der Waals surface area contributed by atoms with E-state index < -0.39 is 0 Å². The number of hydrogen-bond acceptors (Lipinski definition) is 1. The van der Waals surface area contributed by atoms with E-state index in [1.165, 1.54) is 5.56 Å². The lowest BCUT2D eigenvalue weighted by Crippen LogP contribution is -2.21. The van der Waals surface area contributed by atoms with Gasteiger partial charge in [0.05, 0.1) is 10.0 Å². The first-order chi connectivity index (χ1) is 9.08. The molecular weight excluding hydrogens is 277 g/mol. The highest BCUT2D eigenvalue weighted by atomic mass is 35.5. The van der Waals surface area contributed by atoms with Crippen LogP contribution in [0.4, 0.5) is 0 Å². The Morgan fingerprint density at radius 1 is 1.00 bits per heavy atom. The molecular formula is C16H17Cl2N. The zero-order valence-electron chi connectivity index (χ0n) is 11.1. The molecule has 0 saturated heterocycles. The van der Waals surface area contributed by atoms with Gasteiger partial charge < -0.3 is 5.32 Å². The molecule has 2 aromatic carbocycles. The van der Waals surface area contributed by atoms with Gasteiger partial charge in [-0.05, 0) is 17.2 Å². The molecule has 0 atom stereocenters. The summed E-state index contributed by atoms with van der Waals surface area (Å²) in [6, 6.07) is 14.6. The van der Waals surface area contributed by atoms with Crippen molar-refractivity contribution in [2.45, 2.75) is 26.4 Å². The summed E-state index contributed by atoms with van der Waals surface area (Å²) in [5, 5.41) is 4.59. The van der Waals surface area contributed by atoms with Crippen LogP contribution in [0.1, 0.15) is 19.4 Å². The van der Waals surface area contributed by atoms with Crippen molar-refractivity contribution in [3.05, 3.63) is 58.1 Å². The van der Waals surface area contributed by atoms with Gasteiger partial charge in [-0.3, -0.25) is 0 Å². The van der Waals surface area contributed by atoms with Gasteiger partial charge in [-0.2, -0.15) is 0 Å². The van der Waals surface area contributed by atoms with Gasteiger partial charge >= 0.3 is 0 Å². The second kappa shape index (κ2) is 6.42. The molecule has 19 heavy (non-hydrogen) atoms. The lowest BCUT2D eigenvalue weighted by Gasteiger charge is -2.10. The van der Waals surface area contributed by atoms with Gasteiger partial charge in [0.15, 0.2) is 0 Å². The van der Waals surface area contributed by atoms with E-state index in [-0.39, 0.29) is 0 Å². The number of hydrogen-bond donors (Lipinski definition) is 1. The molecule has 2 aromatic rings. The number of rotatable bonds is 4. The van der Waals surface area contributed by atoms with Crippen LogP contribution < -0.4 is 5.32 Å². The largest absolute Gasteiger partial charge is 0.310 e. The van der Waals surface area contributed by atoms with Crippen molar-refractivity contribution in [3.8, 4) is 11.1 Å². The minimum Gasteiger partial charge on any atom is -0.310 e. The van der Waals surface area contributed by atoms with E-state index in [1.807, 2.05) is 12.1 Å². The van der Waals surface area contributed by atoms with E-state index in [0.717, 1.165) is 17.7 Å². The van der Waals surface area contributed by atoms with Crippen molar-refractivity contribution in [2.24, 2.45) is 0 Å². The normalized spacial score (nSPS) is 11.0. The summed E-state index contributed by atoms with van der Waals surface area (Å²) in [6.07, 6.45) is 0. The molecule has 0 fully saturated rings. The molecule has 0 aliphatic rings. The molecule has 0 bridgehead atoms. The van der Waals surface area contributed by atoms with Gasteiger partial charge in [0.2, 0.25) is 0 Å². The van der Waals surface area contributed by atoms with Crippen molar-refractivity contribution < 1.29 is 0 Å². The van der Waals surface area contributed by atoms with Crippen LogP contribution in [0.25, 0.3) is 11.1 Å². The van der Waals surface area contributed by atoms with E-state index in [1.54, 1.807) is 6.07 Å². The molecule has 3 heteroatoms. The van der Waals surface area contributed by atoms with Crippen LogP contribution in [0.3, 0.4) is 0 Å². The minimum absolute atomic E-state index is 0.488. The summed E-state index contributed by atoms with van der Waals surface area (Å²) >= 11 is 12.3. The summed E-state index contributed by atoms with van der Waals surface area (Å²) < 4.78 is 0. The lowest BCUT2D eigenvalue weighted by molar-refractivity contribution is 0.589. The molecule has 100 valence electrons. The standard InChI is InChI=1S/C16H17Cl2N/c1-11(2)19-10-12-6-8-13(9-7-12)14-4-3-5-15(17)16(14)18/h3-9,11,19H,10H2,1-2H3. The third-order valence-electron chi connectivity index (χ3n) is 2.93. The van der Waals surface area contributed by atoms with E-state index in [9.17, 15) is 0 Å². The van der Waals surface area contributed by atoms with Gasteiger partial charge in [-0.15, -0.1) is 0 Å². The number of nitrogens with one attached hydrogen (secondary N) is 1. The third kappa shape index (κ3) is 3.73. The maximum Gasteiger partial charge on any atom is 0.0670 e. The van der Waals surface area contributed by atoms with Gasteiger partial charge in [0.1, 0.15) is 0 Å². The molecule has 0 saturated carbocycles. The smallest absolute Gasteiger partial charge is 0.0670 e. The Kier molecular flexibility index (Phi) is 4.87. The van der Waals surface area contributed by atoms with Crippen LogP contribution in [0.5, 0.6) is 0 Å². The number of halogens is 2. The summed E-state index contributed by atoms with van der Waals surface area (Å²) in [5.74, 6) is 0. The molecule has 1 nitrogen and oxygen atoms in total. The van der Waals surface area contributed by atoms with Crippen molar-refractivity contribution in [1.29, 1.82) is 0 Å². The second-order valence-electron chi connectivity index (χ2n) is 4.83. The summed E-state index contributed by atoms with van der Waals surface area (Å²) in [7, 11) is 0. The molecule has 0 aliphatic heterocycles. The Bertz CT molecular complexity index is 547. The third-order valence-corrected chi connectivity index (χ3v) is 3.75. The van der Waals surface area contributed by atoms with Crippen molar-refractivity contribution in [3.63, 3.8) is 0 Å². The fraction of sp³-hybridized carbons (Fsp3) is 0.250. The Labute approximate surface area is 124 Å². The summed E-state index contributed by atoms with van der Waals surface area (Å²) in [5.41, 5.74) is 3.31. The zero-order chi connectivity index (χ0) is 13.8. The Hall–Kier alpha value is -1.02. The summed E-state index contributed by atoms with van der Waals surface area (Å²) in [6.45, 7) is 5.15. The van der Waals surface area contributed by atoms with Crippen LogP contribution in [-0.4, -0.2) is 6.04 Å². The summed E-state index contributed by atoms with van der Waals surface area (Å²) in [4.78, 5) is 0. The zero-order valence-corrected chi connectivity index (χ0v) is 12.6. The highest BCUT2D eigenvalue weighted by molar-refractivity contribution is 6.43. The average Bonchev–Trinajstić information content (AvgIpc) is 2.40. The minimum atomic E-state index is 0.488. The predicted molar refractivity (Wildman–Crippen MR) is 83.9 cm³/mol. The van der Waals surface area contributed by atoms with Gasteiger partial charge in [-0.25, -0.2) is 0 Å².